The molecule has 2 N–H and O–H groups in total. The summed E-state index contributed by atoms with van der Waals surface area (Å²) in [4.78, 5) is 26.3. The average molecular weight is 301 g/mol. The van der Waals surface area contributed by atoms with Crippen molar-refractivity contribution >= 4 is 11.8 Å². The van der Waals surface area contributed by atoms with Crippen LogP contribution in [-0.2, 0) is 17.8 Å². The van der Waals surface area contributed by atoms with Crippen molar-refractivity contribution in [3.8, 4) is 0 Å². The van der Waals surface area contributed by atoms with Crippen LogP contribution in [0.4, 0.5) is 0 Å². The number of hydrogen-bond donors (Lipinski definition) is 2. The van der Waals surface area contributed by atoms with E-state index in [0.29, 0.717) is 25.2 Å². The molecule has 0 unspecified atom stereocenters. The van der Waals surface area contributed by atoms with Gasteiger partial charge in [-0.15, -0.1) is 0 Å². The minimum absolute atomic E-state index is 0.0471. The van der Waals surface area contributed by atoms with Crippen LogP contribution < -0.4 is 5.32 Å². The first kappa shape index (κ1) is 14.4. The molecule has 0 spiro atoms. The topological polar surface area (TPSA) is 83.0 Å². The quantitative estimate of drug-likeness (QED) is 0.876. The van der Waals surface area contributed by atoms with Crippen LogP contribution in [0, 0.1) is 0 Å². The molecule has 0 aromatic carbocycles. The lowest BCUT2D eigenvalue weighted by Crippen LogP contribution is -2.40. The van der Waals surface area contributed by atoms with Gasteiger partial charge >= 0.3 is 0 Å². The van der Waals surface area contributed by atoms with Crippen LogP contribution in [0.1, 0.15) is 34.7 Å². The summed E-state index contributed by atoms with van der Waals surface area (Å²) in [6.45, 7) is 2.93. The molecule has 0 aliphatic carbocycles. The number of aromatic nitrogens is 3. The van der Waals surface area contributed by atoms with Gasteiger partial charge in [0.15, 0.2) is 5.69 Å². The van der Waals surface area contributed by atoms with E-state index in [4.69, 9.17) is 0 Å². The summed E-state index contributed by atoms with van der Waals surface area (Å²) in [5.41, 5.74) is 2.14. The van der Waals surface area contributed by atoms with Crippen molar-refractivity contribution in [2.45, 2.75) is 25.9 Å². The Labute approximate surface area is 128 Å². The lowest BCUT2D eigenvalue weighted by Gasteiger charge is -2.29. The normalized spacial score (nSPS) is 15.3. The van der Waals surface area contributed by atoms with Crippen molar-refractivity contribution in [2.75, 3.05) is 13.6 Å². The third kappa shape index (κ3) is 2.38. The first-order valence-corrected chi connectivity index (χ1v) is 7.31. The lowest BCUT2D eigenvalue weighted by molar-refractivity contribution is -0.135. The second-order valence-electron chi connectivity index (χ2n) is 5.42. The SMILES string of the molecule is CNC(=O)c1n[nH]c2c1CN(C(=O)[C@H](C)n1cccc1)CC2. The summed E-state index contributed by atoms with van der Waals surface area (Å²) in [6.07, 6.45) is 4.45. The zero-order valence-electron chi connectivity index (χ0n) is 12.7. The van der Waals surface area contributed by atoms with Gasteiger partial charge in [-0.2, -0.15) is 5.10 Å². The van der Waals surface area contributed by atoms with Gasteiger partial charge in [-0.25, -0.2) is 0 Å². The van der Waals surface area contributed by atoms with Crippen molar-refractivity contribution in [3.63, 3.8) is 0 Å². The Balaban J connectivity index is 1.80. The largest absolute Gasteiger partial charge is 0.354 e. The molecule has 3 heterocycles. The molecule has 2 amide bonds. The van der Waals surface area contributed by atoms with Crippen molar-refractivity contribution in [1.82, 2.24) is 25.0 Å². The van der Waals surface area contributed by atoms with E-state index >= 15 is 0 Å². The molecule has 0 radical (unpaired) electrons. The predicted molar refractivity (Wildman–Crippen MR) is 80.2 cm³/mol. The molecule has 1 atom stereocenters. The van der Waals surface area contributed by atoms with E-state index in [1.54, 1.807) is 11.9 Å². The summed E-state index contributed by atoms with van der Waals surface area (Å²) >= 11 is 0. The Morgan fingerprint density at radius 1 is 1.36 bits per heavy atom. The number of H-pyrrole nitrogens is 1. The molecule has 0 fully saturated rings. The number of rotatable bonds is 3. The number of carbonyl (C=O) groups is 2. The standard InChI is InChI=1S/C15H19N5O2/c1-10(19-6-3-4-7-19)15(22)20-8-5-12-11(9-20)13(18-17-12)14(21)16-2/h3-4,6-7,10H,5,8-9H2,1-2H3,(H,16,21)(H,17,18)/t10-/m0/s1. The second kappa shape index (κ2) is 5.67. The van der Waals surface area contributed by atoms with E-state index in [-0.39, 0.29) is 17.9 Å². The summed E-state index contributed by atoms with van der Waals surface area (Å²) < 4.78 is 1.88. The fourth-order valence-electron chi connectivity index (χ4n) is 2.79. The van der Waals surface area contributed by atoms with Crippen LogP contribution in [0.15, 0.2) is 24.5 Å². The Hall–Kier alpha value is -2.57. The van der Waals surface area contributed by atoms with E-state index in [0.717, 1.165) is 11.3 Å². The van der Waals surface area contributed by atoms with Crippen LogP contribution in [0.3, 0.4) is 0 Å². The van der Waals surface area contributed by atoms with Gasteiger partial charge in [0.25, 0.3) is 5.91 Å². The second-order valence-corrected chi connectivity index (χ2v) is 5.42. The highest BCUT2D eigenvalue weighted by atomic mass is 16.2. The van der Waals surface area contributed by atoms with E-state index in [9.17, 15) is 9.59 Å². The fourth-order valence-corrected chi connectivity index (χ4v) is 2.79. The minimum Gasteiger partial charge on any atom is -0.354 e. The number of fused-ring (bicyclic) bond motifs is 1. The van der Waals surface area contributed by atoms with Crippen molar-refractivity contribution in [1.29, 1.82) is 0 Å². The van der Waals surface area contributed by atoms with E-state index < -0.39 is 0 Å². The maximum atomic E-state index is 12.7. The molecule has 7 heteroatoms. The highest BCUT2D eigenvalue weighted by molar-refractivity contribution is 5.94. The van der Waals surface area contributed by atoms with Crippen LogP contribution in [-0.4, -0.2) is 45.1 Å². The molecule has 3 rings (SSSR count). The Bertz CT molecular complexity index is 689. The molecule has 2 aromatic rings. The molecule has 2 aromatic heterocycles. The molecular weight excluding hydrogens is 282 g/mol. The molecule has 0 saturated carbocycles. The molecule has 1 aliphatic heterocycles. The number of aromatic amines is 1. The predicted octanol–water partition coefficient (Wildman–Crippen LogP) is 0.717. The molecule has 116 valence electrons. The third-order valence-electron chi connectivity index (χ3n) is 4.12. The Morgan fingerprint density at radius 2 is 2.09 bits per heavy atom. The van der Waals surface area contributed by atoms with Gasteiger partial charge in [-0.05, 0) is 19.1 Å². The van der Waals surface area contributed by atoms with E-state index in [2.05, 4.69) is 15.5 Å². The van der Waals surface area contributed by atoms with Crippen LogP contribution >= 0.6 is 0 Å². The first-order chi connectivity index (χ1) is 10.6. The molecule has 0 saturated heterocycles. The Morgan fingerprint density at radius 3 is 2.77 bits per heavy atom. The fraction of sp³-hybridized carbons (Fsp3) is 0.400. The maximum absolute atomic E-state index is 12.7. The first-order valence-electron chi connectivity index (χ1n) is 7.31. The van der Waals surface area contributed by atoms with Gasteiger partial charge in [0.1, 0.15) is 6.04 Å². The summed E-state index contributed by atoms with van der Waals surface area (Å²) in [5.74, 6) is -0.184. The lowest BCUT2D eigenvalue weighted by atomic mass is 10.0. The molecule has 7 nitrogen and oxygen atoms in total. The molecule has 0 bridgehead atoms. The summed E-state index contributed by atoms with van der Waals surface area (Å²) in [7, 11) is 1.57. The number of carbonyl (C=O) groups excluding carboxylic acids is 2. The van der Waals surface area contributed by atoms with E-state index in [1.165, 1.54) is 0 Å². The monoisotopic (exact) mass is 301 g/mol. The minimum atomic E-state index is -0.257. The van der Waals surface area contributed by atoms with Gasteiger partial charge in [-0.1, -0.05) is 0 Å². The zero-order chi connectivity index (χ0) is 15.7. The average Bonchev–Trinajstić information content (AvgIpc) is 3.21. The van der Waals surface area contributed by atoms with Crippen molar-refractivity contribution in [2.24, 2.45) is 0 Å². The van der Waals surface area contributed by atoms with Crippen molar-refractivity contribution in [3.05, 3.63) is 41.5 Å². The number of amides is 2. The molecule has 22 heavy (non-hydrogen) atoms. The highest BCUT2D eigenvalue weighted by Crippen LogP contribution is 2.22. The van der Waals surface area contributed by atoms with Gasteiger partial charge in [0.05, 0.1) is 0 Å². The van der Waals surface area contributed by atoms with Gasteiger partial charge < -0.3 is 14.8 Å². The summed E-state index contributed by atoms with van der Waals surface area (Å²) in [5, 5.41) is 9.56. The summed E-state index contributed by atoms with van der Waals surface area (Å²) in [6, 6.07) is 3.54. The van der Waals surface area contributed by atoms with Gasteiger partial charge in [-0.3, -0.25) is 14.7 Å². The van der Waals surface area contributed by atoms with Gasteiger partial charge in [0.2, 0.25) is 5.91 Å². The molecule has 1 aliphatic rings. The maximum Gasteiger partial charge on any atom is 0.271 e. The third-order valence-corrected chi connectivity index (χ3v) is 4.12. The number of nitrogens with zero attached hydrogens (tertiary/aromatic N) is 3. The number of nitrogens with one attached hydrogen (secondary N) is 2. The van der Waals surface area contributed by atoms with E-state index in [1.807, 2.05) is 36.0 Å². The van der Waals surface area contributed by atoms with Crippen LogP contribution in [0.5, 0.6) is 0 Å². The highest BCUT2D eigenvalue weighted by Gasteiger charge is 2.29. The van der Waals surface area contributed by atoms with Crippen molar-refractivity contribution < 1.29 is 9.59 Å². The smallest absolute Gasteiger partial charge is 0.271 e. The zero-order valence-corrected chi connectivity index (χ0v) is 12.7. The van der Waals surface area contributed by atoms with Gasteiger partial charge in [0, 0.05) is 50.2 Å². The Kier molecular flexibility index (Phi) is 3.70. The van der Waals surface area contributed by atoms with Crippen LogP contribution in [0.2, 0.25) is 0 Å². The van der Waals surface area contributed by atoms with Crippen LogP contribution in [0.25, 0.3) is 0 Å². The number of hydrogen-bond acceptors (Lipinski definition) is 3. The molecular formula is C15H19N5O2.